The molecule has 0 aromatic carbocycles. The van der Waals surface area contributed by atoms with Crippen LogP contribution in [0.1, 0.15) is 46.5 Å². The molecule has 1 saturated carbocycles. The van der Waals surface area contributed by atoms with Crippen LogP contribution in [0.5, 0.6) is 0 Å². The highest BCUT2D eigenvalue weighted by molar-refractivity contribution is 6.09. The molecule has 0 unspecified atom stereocenters. The van der Waals surface area contributed by atoms with Gasteiger partial charge in [-0.3, -0.25) is 15.1 Å². The van der Waals surface area contributed by atoms with Gasteiger partial charge in [0.05, 0.1) is 0 Å². The van der Waals surface area contributed by atoms with Crippen molar-refractivity contribution in [1.29, 1.82) is 0 Å². The second kappa shape index (κ2) is 3.75. The van der Waals surface area contributed by atoms with E-state index in [2.05, 4.69) is 29.5 Å². The van der Waals surface area contributed by atoms with Gasteiger partial charge < -0.3 is 5.32 Å². The number of carbonyl (C=O) groups excluding carboxylic acids is 1. The number of carbonyl (C=O) groups is 1. The summed E-state index contributed by atoms with van der Waals surface area (Å²) in [5.74, 6) is 0.766. The third-order valence-corrected chi connectivity index (χ3v) is 3.80. The fourth-order valence-corrected chi connectivity index (χ4v) is 2.48. The highest BCUT2D eigenvalue weighted by Gasteiger charge is 2.48. The molecule has 90 valence electrons. The molecule has 16 heavy (non-hydrogen) atoms. The monoisotopic (exact) mass is 223 g/mol. The Labute approximate surface area is 96.9 Å². The van der Waals surface area contributed by atoms with Crippen molar-refractivity contribution in [3.8, 4) is 0 Å². The van der Waals surface area contributed by atoms with E-state index in [1.54, 1.807) is 0 Å². The van der Waals surface area contributed by atoms with Gasteiger partial charge in [-0.05, 0) is 38.0 Å². The summed E-state index contributed by atoms with van der Waals surface area (Å²) in [5.41, 5.74) is 0.00137. The zero-order valence-electron chi connectivity index (χ0n) is 10.4. The van der Waals surface area contributed by atoms with Crippen LogP contribution in [0.2, 0.25) is 0 Å². The van der Waals surface area contributed by atoms with E-state index in [0.717, 1.165) is 25.7 Å². The minimum atomic E-state index is -0.372. The Morgan fingerprint density at radius 1 is 1.25 bits per heavy atom. The third kappa shape index (κ3) is 1.93. The minimum absolute atomic E-state index is 0.107. The highest BCUT2D eigenvalue weighted by atomic mass is 16.2. The van der Waals surface area contributed by atoms with Gasteiger partial charge in [0.25, 0.3) is 5.91 Å². The fourth-order valence-electron chi connectivity index (χ4n) is 2.48. The van der Waals surface area contributed by atoms with Crippen molar-refractivity contribution in [1.82, 2.24) is 10.6 Å². The summed E-state index contributed by atoms with van der Waals surface area (Å²) in [6.07, 6.45) is 4.00. The number of nitrogens with zero attached hydrogens (tertiary/aromatic N) is 1. The maximum atomic E-state index is 12.0. The average molecular weight is 223 g/mol. The van der Waals surface area contributed by atoms with Crippen LogP contribution in [0, 0.1) is 5.41 Å². The van der Waals surface area contributed by atoms with Gasteiger partial charge in [-0.1, -0.05) is 13.8 Å². The number of hydrogen-bond donors (Lipinski definition) is 2. The second-order valence-corrected chi connectivity index (χ2v) is 5.65. The molecule has 0 radical (unpaired) electrons. The number of hydrogen-bond acceptors (Lipinski definition) is 2. The van der Waals surface area contributed by atoms with E-state index < -0.39 is 0 Å². The van der Waals surface area contributed by atoms with Crippen LogP contribution in [0.15, 0.2) is 4.99 Å². The standard InChI is InChI=1S/C12H21N3O/c1-4-13-10-14-9(16)12(15-10)7-5-11(2,3)6-8-12/h4-8H2,1-3H3,(H2,13,14,15,16). The molecular weight excluding hydrogens is 202 g/mol. The van der Waals surface area contributed by atoms with Gasteiger partial charge in [-0.15, -0.1) is 0 Å². The van der Waals surface area contributed by atoms with Gasteiger partial charge >= 0.3 is 0 Å². The Kier molecular flexibility index (Phi) is 2.68. The van der Waals surface area contributed by atoms with Crippen molar-refractivity contribution < 1.29 is 4.79 Å². The van der Waals surface area contributed by atoms with Gasteiger partial charge in [0.2, 0.25) is 0 Å². The fraction of sp³-hybridized carbons (Fsp3) is 0.833. The summed E-state index contributed by atoms with van der Waals surface area (Å²) < 4.78 is 0. The molecule has 1 amide bonds. The van der Waals surface area contributed by atoms with Crippen molar-refractivity contribution in [3.63, 3.8) is 0 Å². The van der Waals surface area contributed by atoms with Crippen LogP contribution in [-0.2, 0) is 4.79 Å². The van der Waals surface area contributed by atoms with E-state index in [4.69, 9.17) is 0 Å². The van der Waals surface area contributed by atoms with Gasteiger partial charge in [-0.2, -0.15) is 0 Å². The minimum Gasteiger partial charge on any atom is -0.342 e. The van der Waals surface area contributed by atoms with Gasteiger partial charge in [0.1, 0.15) is 5.54 Å². The molecule has 1 saturated heterocycles. The number of rotatable bonds is 1. The lowest BCUT2D eigenvalue weighted by Crippen LogP contribution is -2.50. The van der Waals surface area contributed by atoms with Gasteiger partial charge in [0.15, 0.2) is 5.96 Å². The topological polar surface area (TPSA) is 53.5 Å². The summed E-state index contributed by atoms with van der Waals surface area (Å²) in [5, 5.41) is 6.13. The first-order chi connectivity index (χ1) is 7.47. The van der Waals surface area contributed by atoms with Crippen LogP contribution < -0.4 is 10.6 Å². The maximum absolute atomic E-state index is 12.0. The van der Waals surface area contributed by atoms with E-state index in [0.29, 0.717) is 17.9 Å². The van der Waals surface area contributed by atoms with E-state index in [-0.39, 0.29) is 11.4 Å². The Morgan fingerprint density at radius 2 is 1.88 bits per heavy atom. The van der Waals surface area contributed by atoms with Crippen LogP contribution in [0.4, 0.5) is 0 Å². The molecule has 1 aliphatic heterocycles. The quantitative estimate of drug-likeness (QED) is 0.706. The molecule has 0 aromatic heterocycles. The lowest BCUT2D eigenvalue weighted by Gasteiger charge is -2.39. The number of nitrogens with one attached hydrogen (secondary N) is 2. The molecule has 2 fully saturated rings. The molecule has 2 aliphatic rings. The largest absolute Gasteiger partial charge is 0.342 e. The van der Waals surface area contributed by atoms with Gasteiger partial charge in [0, 0.05) is 6.54 Å². The molecule has 1 heterocycles. The van der Waals surface area contributed by atoms with E-state index in [1.807, 2.05) is 6.92 Å². The molecule has 4 nitrogen and oxygen atoms in total. The van der Waals surface area contributed by atoms with Crippen LogP contribution in [0.25, 0.3) is 0 Å². The Morgan fingerprint density at radius 3 is 2.44 bits per heavy atom. The van der Waals surface area contributed by atoms with Crippen molar-refractivity contribution in [3.05, 3.63) is 0 Å². The molecule has 0 bridgehead atoms. The third-order valence-electron chi connectivity index (χ3n) is 3.80. The predicted octanol–water partition coefficient (Wildman–Crippen LogP) is 1.42. The van der Waals surface area contributed by atoms with Crippen molar-refractivity contribution in [2.45, 2.75) is 52.0 Å². The van der Waals surface area contributed by atoms with E-state index >= 15 is 0 Å². The number of aliphatic imine (C=N–C) groups is 1. The molecule has 4 heteroatoms. The highest BCUT2D eigenvalue weighted by Crippen LogP contribution is 2.41. The Bertz CT molecular complexity index is 323. The summed E-state index contributed by atoms with van der Waals surface area (Å²) in [6.45, 7) is 7.21. The number of guanidine groups is 1. The molecule has 2 rings (SSSR count). The van der Waals surface area contributed by atoms with Crippen LogP contribution in [0.3, 0.4) is 0 Å². The first-order valence-electron chi connectivity index (χ1n) is 6.12. The molecule has 1 aliphatic carbocycles. The first kappa shape index (κ1) is 11.4. The van der Waals surface area contributed by atoms with Crippen molar-refractivity contribution >= 4 is 11.9 Å². The average Bonchev–Trinajstić information content (AvgIpc) is 2.50. The second-order valence-electron chi connectivity index (χ2n) is 5.65. The van der Waals surface area contributed by atoms with Crippen LogP contribution in [-0.4, -0.2) is 24.0 Å². The van der Waals surface area contributed by atoms with Crippen molar-refractivity contribution in [2.75, 3.05) is 6.54 Å². The smallest absolute Gasteiger partial charge is 0.252 e. The molecule has 0 aromatic rings. The number of amides is 1. The maximum Gasteiger partial charge on any atom is 0.252 e. The van der Waals surface area contributed by atoms with Gasteiger partial charge in [-0.25, -0.2) is 0 Å². The SMILES string of the molecule is CCN=C1NC(=O)C2(CCC(C)(C)CC2)N1. The first-order valence-corrected chi connectivity index (χ1v) is 6.12. The predicted molar refractivity (Wildman–Crippen MR) is 64.2 cm³/mol. The normalized spacial score (nSPS) is 29.2. The lowest BCUT2D eigenvalue weighted by molar-refractivity contribution is -0.125. The lowest BCUT2D eigenvalue weighted by atomic mass is 9.69. The summed E-state index contributed by atoms with van der Waals surface area (Å²) in [4.78, 5) is 16.2. The molecule has 1 spiro atoms. The van der Waals surface area contributed by atoms with E-state index in [1.165, 1.54) is 0 Å². The van der Waals surface area contributed by atoms with Crippen molar-refractivity contribution in [2.24, 2.45) is 10.4 Å². The zero-order chi connectivity index (χ0) is 11.8. The molecule has 0 atom stereocenters. The Balaban J connectivity index is 2.10. The summed E-state index contributed by atoms with van der Waals surface area (Å²) in [7, 11) is 0. The summed E-state index contributed by atoms with van der Waals surface area (Å²) >= 11 is 0. The Hall–Kier alpha value is -1.06. The molecule has 2 N–H and O–H groups in total. The van der Waals surface area contributed by atoms with Crippen LogP contribution >= 0.6 is 0 Å². The molecular formula is C12H21N3O. The van der Waals surface area contributed by atoms with E-state index in [9.17, 15) is 4.79 Å². The zero-order valence-corrected chi connectivity index (χ0v) is 10.4. The summed E-state index contributed by atoms with van der Waals surface area (Å²) in [6, 6.07) is 0.